The predicted octanol–water partition coefficient (Wildman–Crippen LogP) is 2.84. The van der Waals surface area contributed by atoms with Crippen LogP contribution in [0.5, 0.6) is 0 Å². The van der Waals surface area contributed by atoms with Crippen molar-refractivity contribution in [2.75, 3.05) is 6.67 Å². The molecule has 1 aromatic heterocycles. The highest BCUT2D eigenvalue weighted by atomic mass is 35.5. The summed E-state index contributed by atoms with van der Waals surface area (Å²) in [5.74, 6) is 0. The first-order valence-corrected chi connectivity index (χ1v) is 4.43. The van der Waals surface area contributed by atoms with Crippen molar-refractivity contribution in [3.05, 3.63) is 21.9 Å². The van der Waals surface area contributed by atoms with E-state index < -0.39 is 0 Å². The van der Waals surface area contributed by atoms with Gasteiger partial charge in [-0.3, -0.25) is 4.39 Å². The first-order chi connectivity index (χ1) is 5.24. The third-order valence-corrected chi connectivity index (χ3v) is 2.68. The van der Waals surface area contributed by atoms with Gasteiger partial charge in [0.2, 0.25) is 0 Å². The molecule has 0 aliphatic heterocycles. The second kappa shape index (κ2) is 5.51. The van der Waals surface area contributed by atoms with E-state index >= 15 is 0 Å². The number of thiophene rings is 1. The van der Waals surface area contributed by atoms with E-state index in [0.717, 1.165) is 4.88 Å². The average Bonchev–Trinajstić information content (AvgIpc) is 2.36. The van der Waals surface area contributed by atoms with Crippen molar-refractivity contribution in [3.8, 4) is 0 Å². The van der Waals surface area contributed by atoms with Crippen molar-refractivity contribution in [1.82, 2.24) is 0 Å². The summed E-state index contributed by atoms with van der Waals surface area (Å²) in [5, 5.41) is 0. The fraction of sp³-hybridized carbons (Fsp3) is 0.500. The summed E-state index contributed by atoms with van der Waals surface area (Å²) in [6.07, 6.45) is 0.431. The van der Waals surface area contributed by atoms with Gasteiger partial charge in [-0.05, 0) is 25.5 Å². The van der Waals surface area contributed by atoms with E-state index in [1.807, 2.05) is 19.1 Å². The Morgan fingerprint density at radius 2 is 2.25 bits per heavy atom. The molecule has 1 heterocycles. The van der Waals surface area contributed by atoms with Crippen LogP contribution in [-0.2, 0) is 0 Å². The SMILES string of the molecule is Cc1ccc([C@H](N)CCF)s1.Cl. The predicted molar refractivity (Wildman–Crippen MR) is 53.8 cm³/mol. The maximum Gasteiger partial charge on any atom is 0.0912 e. The first kappa shape index (κ1) is 11.9. The molecule has 0 unspecified atom stereocenters. The zero-order valence-electron chi connectivity index (χ0n) is 6.92. The Morgan fingerprint density at radius 1 is 1.58 bits per heavy atom. The number of alkyl halides is 1. The molecule has 0 saturated carbocycles. The molecule has 2 N–H and O–H groups in total. The van der Waals surface area contributed by atoms with Gasteiger partial charge in [0, 0.05) is 15.8 Å². The minimum Gasteiger partial charge on any atom is -0.323 e. The van der Waals surface area contributed by atoms with Crippen LogP contribution in [0.25, 0.3) is 0 Å². The Balaban J connectivity index is 0.00000121. The molecule has 0 bridgehead atoms. The fourth-order valence-corrected chi connectivity index (χ4v) is 1.83. The average molecular weight is 210 g/mol. The third-order valence-electron chi connectivity index (χ3n) is 1.55. The van der Waals surface area contributed by atoms with Crippen LogP contribution in [0, 0.1) is 6.92 Å². The fourth-order valence-electron chi connectivity index (χ4n) is 0.913. The van der Waals surface area contributed by atoms with Crippen LogP contribution in [-0.4, -0.2) is 6.67 Å². The maximum atomic E-state index is 11.9. The van der Waals surface area contributed by atoms with Crippen LogP contribution in [0.15, 0.2) is 12.1 Å². The Hall–Kier alpha value is -0.120. The molecular formula is C8H13ClFNS. The normalized spacial score (nSPS) is 12.2. The number of hydrogen-bond donors (Lipinski definition) is 1. The smallest absolute Gasteiger partial charge is 0.0912 e. The quantitative estimate of drug-likeness (QED) is 0.814. The van der Waals surface area contributed by atoms with E-state index in [-0.39, 0.29) is 25.1 Å². The molecule has 0 fully saturated rings. The van der Waals surface area contributed by atoms with Gasteiger partial charge in [-0.2, -0.15) is 0 Å². The minimum atomic E-state index is -0.335. The Labute approximate surface area is 82.2 Å². The largest absolute Gasteiger partial charge is 0.323 e. The van der Waals surface area contributed by atoms with Gasteiger partial charge in [-0.1, -0.05) is 0 Å². The molecular weight excluding hydrogens is 197 g/mol. The van der Waals surface area contributed by atoms with Crippen LogP contribution < -0.4 is 5.73 Å². The highest BCUT2D eigenvalue weighted by Gasteiger charge is 2.06. The summed E-state index contributed by atoms with van der Waals surface area (Å²) in [7, 11) is 0. The zero-order valence-corrected chi connectivity index (χ0v) is 8.55. The molecule has 0 spiro atoms. The summed E-state index contributed by atoms with van der Waals surface area (Å²) < 4.78 is 11.9. The van der Waals surface area contributed by atoms with Gasteiger partial charge in [-0.15, -0.1) is 23.7 Å². The molecule has 70 valence electrons. The molecule has 1 rings (SSSR count). The Bertz CT molecular complexity index is 227. The molecule has 1 aromatic rings. The second-order valence-corrected chi connectivity index (χ2v) is 3.85. The molecule has 0 radical (unpaired) electrons. The van der Waals surface area contributed by atoms with E-state index in [4.69, 9.17) is 5.73 Å². The number of nitrogens with two attached hydrogens (primary N) is 1. The maximum absolute atomic E-state index is 11.9. The van der Waals surface area contributed by atoms with Crippen molar-refractivity contribution in [2.24, 2.45) is 5.73 Å². The minimum absolute atomic E-state index is 0. The van der Waals surface area contributed by atoms with Gasteiger partial charge in [0.1, 0.15) is 0 Å². The van der Waals surface area contributed by atoms with Gasteiger partial charge >= 0.3 is 0 Å². The summed E-state index contributed by atoms with van der Waals surface area (Å²) in [6.45, 7) is 1.69. The van der Waals surface area contributed by atoms with E-state index in [1.54, 1.807) is 11.3 Å². The molecule has 1 nitrogen and oxygen atoms in total. The van der Waals surface area contributed by atoms with Gasteiger partial charge in [0.15, 0.2) is 0 Å². The lowest BCUT2D eigenvalue weighted by molar-refractivity contribution is 0.444. The van der Waals surface area contributed by atoms with Crippen LogP contribution in [0.3, 0.4) is 0 Å². The van der Waals surface area contributed by atoms with E-state index in [1.165, 1.54) is 4.88 Å². The molecule has 4 heteroatoms. The summed E-state index contributed by atoms with van der Waals surface area (Å²) in [4.78, 5) is 2.31. The molecule has 1 atom stereocenters. The van der Waals surface area contributed by atoms with E-state index in [9.17, 15) is 4.39 Å². The van der Waals surface area contributed by atoms with Crippen molar-refractivity contribution in [3.63, 3.8) is 0 Å². The molecule has 0 amide bonds. The van der Waals surface area contributed by atoms with Crippen LogP contribution >= 0.6 is 23.7 Å². The lowest BCUT2D eigenvalue weighted by Gasteiger charge is -2.04. The molecule has 0 aliphatic rings. The van der Waals surface area contributed by atoms with E-state index in [0.29, 0.717) is 6.42 Å². The van der Waals surface area contributed by atoms with Crippen molar-refractivity contribution in [2.45, 2.75) is 19.4 Å². The molecule has 0 aromatic carbocycles. The summed E-state index contributed by atoms with van der Waals surface area (Å²) in [6, 6.07) is 3.87. The highest BCUT2D eigenvalue weighted by Crippen LogP contribution is 2.22. The zero-order chi connectivity index (χ0) is 8.27. The summed E-state index contributed by atoms with van der Waals surface area (Å²) >= 11 is 1.64. The van der Waals surface area contributed by atoms with Gasteiger partial charge in [0.05, 0.1) is 6.67 Å². The first-order valence-electron chi connectivity index (χ1n) is 3.62. The molecule has 0 saturated heterocycles. The van der Waals surface area contributed by atoms with Gasteiger partial charge < -0.3 is 5.73 Å². The number of rotatable bonds is 3. The van der Waals surface area contributed by atoms with Crippen LogP contribution in [0.4, 0.5) is 4.39 Å². The third kappa shape index (κ3) is 3.09. The number of halogens is 2. The monoisotopic (exact) mass is 209 g/mol. The van der Waals surface area contributed by atoms with Crippen molar-refractivity contribution < 1.29 is 4.39 Å². The highest BCUT2D eigenvalue weighted by molar-refractivity contribution is 7.12. The Kier molecular flexibility index (Phi) is 5.46. The molecule has 0 aliphatic carbocycles. The van der Waals surface area contributed by atoms with Crippen molar-refractivity contribution in [1.29, 1.82) is 0 Å². The van der Waals surface area contributed by atoms with E-state index in [2.05, 4.69) is 0 Å². The Morgan fingerprint density at radius 3 is 2.67 bits per heavy atom. The van der Waals surface area contributed by atoms with Crippen LogP contribution in [0.2, 0.25) is 0 Å². The summed E-state index contributed by atoms with van der Waals surface area (Å²) in [5.41, 5.74) is 5.69. The number of hydrogen-bond acceptors (Lipinski definition) is 2. The second-order valence-electron chi connectivity index (χ2n) is 2.53. The lowest BCUT2D eigenvalue weighted by Crippen LogP contribution is -2.08. The van der Waals surface area contributed by atoms with Crippen molar-refractivity contribution >= 4 is 23.7 Å². The lowest BCUT2D eigenvalue weighted by atomic mass is 10.2. The van der Waals surface area contributed by atoms with Gasteiger partial charge in [0.25, 0.3) is 0 Å². The number of aryl methyl sites for hydroxylation is 1. The van der Waals surface area contributed by atoms with Crippen LogP contribution in [0.1, 0.15) is 22.2 Å². The van der Waals surface area contributed by atoms with Gasteiger partial charge in [-0.25, -0.2) is 0 Å². The standard InChI is InChI=1S/C8H12FNS.ClH/c1-6-2-3-8(11-6)7(10)4-5-9;/h2-3,7H,4-5,10H2,1H3;1H/t7-;/m1./s1. The topological polar surface area (TPSA) is 26.0 Å². The molecule has 12 heavy (non-hydrogen) atoms.